The normalized spacial score (nSPS) is 10.5. The van der Waals surface area contributed by atoms with Crippen LogP contribution in [0.4, 0.5) is 5.69 Å². The monoisotopic (exact) mass is 309 g/mol. The number of fused-ring (bicyclic) bond motifs is 1. The predicted octanol–water partition coefficient (Wildman–Crippen LogP) is 2.50. The zero-order valence-electron chi connectivity index (χ0n) is 12.5. The van der Waals surface area contributed by atoms with E-state index in [1.54, 1.807) is 25.3 Å². The number of nitrogens with one attached hydrogen (secondary N) is 2. The Morgan fingerprint density at radius 2 is 2.09 bits per heavy atom. The average Bonchev–Trinajstić information content (AvgIpc) is 2.98. The molecular formula is C17H15N3O3. The molecule has 0 radical (unpaired) electrons. The number of carbonyl (C=O) groups excluding carboxylic acids is 2. The highest BCUT2D eigenvalue weighted by atomic mass is 16.3. The molecule has 2 aromatic heterocycles. The van der Waals surface area contributed by atoms with Crippen LogP contribution in [0, 0.1) is 6.92 Å². The minimum atomic E-state index is -0.339. The molecule has 0 bridgehead atoms. The molecule has 3 aromatic rings. The lowest BCUT2D eigenvalue weighted by Crippen LogP contribution is -2.32. The Morgan fingerprint density at radius 1 is 1.22 bits per heavy atom. The second-order valence-electron chi connectivity index (χ2n) is 5.03. The minimum Gasteiger partial charge on any atom is -0.469 e. The first-order chi connectivity index (χ1) is 11.1. The topological polar surface area (TPSA) is 84.2 Å². The van der Waals surface area contributed by atoms with E-state index in [1.165, 1.54) is 6.26 Å². The van der Waals surface area contributed by atoms with Gasteiger partial charge in [-0.1, -0.05) is 6.07 Å². The van der Waals surface area contributed by atoms with Crippen molar-refractivity contribution in [2.75, 3.05) is 11.9 Å². The van der Waals surface area contributed by atoms with Crippen LogP contribution in [-0.2, 0) is 4.79 Å². The molecule has 0 spiro atoms. The van der Waals surface area contributed by atoms with Gasteiger partial charge in [-0.2, -0.15) is 0 Å². The number of carbonyl (C=O) groups is 2. The van der Waals surface area contributed by atoms with Gasteiger partial charge in [0.1, 0.15) is 5.76 Å². The van der Waals surface area contributed by atoms with Crippen molar-refractivity contribution >= 4 is 28.4 Å². The number of aryl methyl sites for hydroxylation is 1. The lowest BCUT2D eigenvalue weighted by Gasteiger charge is -2.07. The third-order valence-corrected chi connectivity index (χ3v) is 3.40. The smallest absolute Gasteiger partial charge is 0.255 e. The van der Waals surface area contributed by atoms with Gasteiger partial charge < -0.3 is 15.1 Å². The summed E-state index contributed by atoms with van der Waals surface area (Å²) in [6.07, 6.45) is 3.15. The maximum Gasteiger partial charge on any atom is 0.255 e. The van der Waals surface area contributed by atoms with Gasteiger partial charge in [0.15, 0.2) is 0 Å². The number of hydrogen-bond donors (Lipinski definition) is 2. The summed E-state index contributed by atoms with van der Waals surface area (Å²) >= 11 is 0. The summed E-state index contributed by atoms with van der Waals surface area (Å²) in [7, 11) is 0. The highest BCUT2D eigenvalue weighted by Crippen LogP contribution is 2.16. The van der Waals surface area contributed by atoms with E-state index in [2.05, 4.69) is 15.6 Å². The molecule has 6 heteroatoms. The minimum absolute atomic E-state index is 0.117. The molecule has 3 rings (SSSR count). The zero-order valence-corrected chi connectivity index (χ0v) is 12.5. The summed E-state index contributed by atoms with van der Waals surface area (Å²) in [6.45, 7) is 1.58. The Hall–Kier alpha value is -3.15. The molecule has 0 unspecified atom stereocenters. The third-order valence-electron chi connectivity index (χ3n) is 3.40. The van der Waals surface area contributed by atoms with Crippen LogP contribution in [0.15, 0.2) is 53.3 Å². The average molecular weight is 309 g/mol. The Kier molecular flexibility index (Phi) is 4.05. The Balaban J connectivity index is 1.60. The summed E-state index contributed by atoms with van der Waals surface area (Å²) < 4.78 is 5.06. The first-order valence-corrected chi connectivity index (χ1v) is 7.10. The van der Waals surface area contributed by atoms with Gasteiger partial charge in [0.05, 0.1) is 23.9 Å². The SMILES string of the molecule is Cc1occc1C(=O)NCC(=O)Nc1ccc2ncccc2c1. The second-order valence-corrected chi connectivity index (χ2v) is 5.03. The van der Waals surface area contributed by atoms with Crippen molar-refractivity contribution in [1.82, 2.24) is 10.3 Å². The van der Waals surface area contributed by atoms with E-state index in [-0.39, 0.29) is 18.4 Å². The van der Waals surface area contributed by atoms with Crippen molar-refractivity contribution < 1.29 is 14.0 Å². The maximum atomic E-state index is 11.9. The Bertz CT molecular complexity index is 870. The number of aromatic nitrogens is 1. The van der Waals surface area contributed by atoms with Gasteiger partial charge in [0.25, 0.3) is 5.91 Å². The van der Waals surface area contributed by atoms with E-state index < -0.39 is 0 Å². The van der Waals surface area contributed by atoms with E-state index in [0.29, 0.717) is 17.0 Å². The fraction of sp³-hybridized carbons (Fsp3) is 0.118. The van der Waals surface area contributed by atoms with Crippen LogP contribution in [0.25, 0.3) is 10.9 Å². The molecule has 6 nitrogen and oxygen atoms in total. The number of anilines is 1. The number of amides is 2. The van der Waals surface area contributed by atoms with Gasteiger partial charge in [0.2, 0.25) is 5.91 Å². The molecule has 0 fully saturated rings. The molecule has 2 amide bonds. The Morgan fingerprint density at radius 3 is 2.87 bits per heavy atom. The quantitative estimate of drug-likeness (QED) is 0.775. The summed E-state index contributed by atoms with van der Waals surface area (Å²) in [6, 6.07) is 10.8. The highest BCUT2D eigenvalue weighted by Gasteiger charge is 2.12. The summed E-state index contributed by atoms with van der Waals surface area (Å²) in [5.41, 5.74) is 1.94. The fourth-order valence-electron chi connectivity index (χ4n) is 2.23. The molecule has 0 aliphatic carbocycles. The van der Waals surface area contributed by atoms with E-state index >= 15 is 0 Å². The lowest BCUT2D eigenvalue weighted by molar-refractivity contribution is -0.115. The van der Waals surface area contributed by atoms with Crippen LogP contribution in [0.1, 0.15) is 16.1 Å². The molecule has 2 N–H and O–H groups in total. The van der Waals surface area contributed by atoms with Gasteiger partial charge in [-0.3, -0.25) is 14.6 Å². The van der Waals surface area contributed by atoms with E-state index in [4.69, 9.17) is 4.42 Å². The van der Waals surface area contributed by atoms with E-state index in [1.807, 2.05) is 24.3 Å². The standard InChI is InChI=1S/C17H15N3O3/c1-11-14(6-8-23-11)17(22)19-10-16(21)20-13-4-5-15-12(9-13)3-2-7-18-15/h2-9H,10H2,1H3,(H,19,22)(H,20,21). The van der Waals surface area contributed by atoms with Crippen molar-refractivity contribution in [1.29, 1.82) is 0 Å². The number of nitrogens with zero attached hydrogens (tertiary/aromatic N) is 1. The molecule has 0 aliphatic rings. The van der Waals surface area contributed by atoms with Crippen LogP contribution in [0.5, 0.6) is 0 Å². The molecule has 1 aromatic carbocycles. The van der Waals surface area contributed by atoms with E-state index in [0.717, 1.165) is 10.9 Å². The molecule has 23 heavy (non-hydrogen) atoms. The maximum absolute atomic E-state index is 11.9. The summed E-state index contributed by atoms with van der Waals surface area (Å²) in [5.74, 6) is -0.123. The number of rotatable bonds is 4. The van der Waals surface area contributed by atoms with E-state index in [9.17, 15) is 9.59 Å². The Labute approximate surface area is 132 Å². The van der Waals surface area contributed by atoms with Gasteiger partial charge >= 0.3 is 0 Å². The molecule has 0 saturated carbocycles. The number of pyridine rings is 1. The van der Waals surface area contributed by atoms with Crippen molar-refractivity contribution in [3.8, 4) is 0 Å². The van der Waals surface area contributed by atoms with Gasteiger partial charge in [0, 0.05) is 17.3 Å². The number of benzene rings is 1. The fourth-order valence-corrected chi connectivity index (χ4v) is 2.23. The molecule has 0 saturated heterocycles. The first-order valence-electron chi connectivity index (χ1n) is 7.10. The number of hydrogen-bond acceptors (Lipinski definition) is 4. The van der Waals surface area contributed by atoms with Crippen molar-refractivity contribution in [3.05, 3.63) is 60.2 Å². The van der Waals surface area contributed by atoms with Crippen molar-refractivity contribution in [2.45, 2.75) is 6.92 Å². The largest absolute Gasteiger partial charge is 0.469 e. The summed E-state index contributed by atoms with van der Waals surface area (Å²) in [5, 5.41) is 6.24. The number of furan rings is 1. The molecule has 116 valence electrons. The molecular weight excluding hydrogens is 294 g/mol. The van der Waals surface area contributed by atoms with Crippen LogP contribution >= 0.6 is 0 Å². The third kappa shape index (κ3) is 3.37. The van der Waals surface area contributed by atoms with Crippen LogP contribution in [0.3, 0.4) is 0 Å². The van der Waals surface area contributed by atoms with Crippen molar-refractivity contribution in [2.24, 2.45) is 0 Å². The highest BCUT2D eigenvalue weighted by molar-refractivity contribution is 6.00. The van der Waals surface area contributed by atoms with Crippen LogP contribution < -0.4 is 10.6 Å². The lowest BCUT2D eigenvalue weighted by atomic mass is 10.2. The summed E-state index contributed by atoms with van der Waals surface area (Å²) in [4.78, 5) is 28.1. The zero-order chi connectivity index (χ0) is 16.2. The molecule has 2 heterocycles. The van der Waals surface area contributed by atoms with Crippen LogP contribution in [-0.4, -0.2) is 23.3 Å². The van der Waals surface area contributed by atoms with Crippen LogP contribution in [0.2, 0.25) is 0 Å². The van der Waals surface area contributed by atoms with Gasteiger partial charge in [-0.25, -0.2) is 0 Å². The molecule has 0 aliphatic heterocycles. The second kappa shape index (κ2) is 6.31. The van der Waals surface area contributed by atoms with Gasteiger partial charge in [-0.15, -0.1) is 0 Å². The predicted molar refractivity (Wildman–Crippen MR) is 86.2 cm³/mol. The van der Waals surface area contributed by atoms with Gasteiger partial charge in [-0.05, 0) is 37.3 Å². The van der Waals surface area contributed by atoms with Crippen molar-refractivity contribution in [3.63, 3.8) is 0 Å². The molecule has 0 atom stereocenters. The first kappa shape index (κ1) is 14.8.